The Kier molecular flexibility index (Phi) is 8.72. The van der Waals surface area contributed by atoms with E-state index in [4.69, 9.17) is 4.74 Å². The molecule has 1 aliphatic carbocycles. The van der Waals surface area contributed by atoms with Crippen molar-refractivity contribution in [3.63, 3.8) is 0 Å². The smallest absolute Gasteiger partial charge is 0.224 e. The summed E-state index contributed by atoms with van der Waals surface area (Å²) in [6.07, 6.45) is 7.10. The highest BCUT2D eigenvalue weighted by atomic mass is 16.5. The fraction of sp³-hybridized carbons (Fsp3) is 0.500. The van der Waals surface area contributed by atoms with Gasteiger partial charge in [-0.3, -0.25) is 9.59 Å². The Morgan fingerprint density at radius 1 is 1.06 bits per heavy atom. The van der Waals surface area contributed by atoms with Crippen molar-refractivity contribution in [1.29, 1.82) is 0 Å². The first-order valence-electron chi connectivity index (χ1n) is 12.5. The lowest BCUT2D eigenvalue weighted by atomic mass is 9.74. The van der Waals surface area contributed by atoms with Gasteiger partial charge in [-0.1, -0.05) is 67.4 Å². The third kappa shape index (κ3) is 6.24. The summed E-state index contributed by atoms with van der Waals surface area (Å²) in [7, 11) is 0. The van der Waals surface area contributed by atoms with Crippen LogP contribution in [0.2, 0.25) is 0 Å². The molecule has 0 bridgehead atoms. The van der Waals surface area contributed by atoms with Crippen LogP contribution in [0.15, 0.2) is 54.6 Å². The molecule has 6 heteroatoms. The van der Waals surface area contributed by atoms with Gasteiger partial charge in [-0.25, -0.2) is 0 Å². The van der Waals surface area contributed by atoms with Crippen molar-refractivity contribution in [1.82, 2.24) is 10.2 Å². The fourth-order valence-corrected chi connectivity index (χ4v) is 5.34. The summed E-state index contributed by atoms with van der Waals surface area (Å²) in [5, 5.41) is 13.0. The Morgan fingerprint density at radius 2 is 1.82 bits per heavy atom. The molecule has 2 fully saturated rings. The Morgan fingerprint density at radius 3 is 2.50 bits per heavy atom. The second kappa shape index (κ2) is 12.1. The van der Waals surface area contributed by atoms with Gasteiger partial charge in [0.15, 0.2) is 0 Å². The SMILES string of the molecule is O=CN(Cc1ccc(C2CCCCC2C(=O)NC(CO)c2ccccc2)cc1)CC1CCCO1. The molecule has 2 N–H and O–H groups in total. The third-order valence-corrected chi connectivity index (χ3v) is 7.21. The molecule has 0 spiro atoms. The highest BCUT2D eigenvalue weighted by molar-refractivity contribution is 5.80. The van der Waals surface area contributed by atoms with E-state index in [1.807, 2.05) is 30.3 Å². The quantitative estimate of drug-likeness (QED) is 0.522. The van der Waals surface area contributed by atoms with Gasteiger partial charge in [0.05, 0.1) is 18.8 Å². The van der Waals surface area contributed by atoms with E-state index in [-0.39, 0.29) is 30.5 Å². The molecule has 2 aliphatic rings. The van der Waals surface area contributed by atoms with Crippen LogP contribution in [-0.2, 0) is 20.9 Å². The van der Waals surface area contributed by atoms with Gasteiger partial charge in [0.1, 0.15) is 0 Å². The van der Waals surface area contributed by atoms with Crippen molar-refractivity contribution in [3.05, 3.63) is 71.3 Å². The topological polar surface area (TPSA) is 78.9 Å². The molecule has 34 heavy (non-hydrogen) atoms. The first-order chi connectivity index (χ1) is 16.7. The number of hydrogen-bond acceptors (Lipinski definition) is 4. The zero-order valence-corrected chi connectivity index (χ0v) is 19.8. The van der Waals surface area contributed by atoms with Crippen molar-refractivity contribution in [2.75, 3.05) is 19.8 Å². The van der Waals surface area contributed by atoms with Gasteiger partial charge in [-0.2, -0.15) is 0 Å². The van der Waals surface area contributed by atoms with Crippen LogP contribution >= 0.6 is 0 Å². The third-order valence-electron chi connectivity index (χ3n) is 7.21. The summed E-state index contributed by atoms with van der Waals surface area (Å²) in [5.74, 6) is 0.0655. The maximum Gasteiger partial charge on any atom is 0.224 e. The molecular weight excluding hydrogens is 428 g/mol. The first-order valence-corrected chi connectivity index (χ1v) is 12.5. The number of aliphatic hydroxyl groups is 1. The van der Waals surface area contributed by atoms with Crippen molar-refractivity contribution in [3.8, 4) is 0 Å². The predicted molar refractivity (Wildman–Crippen MR) is 131 cm³/mol. The number of carbonyl (C=O) groups excluding carboxylic acids is 2. The number of nitrogens with one attached hydrogen (secondary N) is 1. The summed E-state index contributed by atoms with van der Waals surface area (Å²) in [4.78, 5) is 26.6. The zero-order chi connectivity index (χ0) is 23.8. The molecule has 1 aliphatic heterocycles. The van der Waals surface area contributed by atoms with E-state index in [1.165, 1.54) is 5.56 Å². The average molecular weight is 465 g/mol. The predicted octanol–water partition coefficient (Wildman–Crippen LogP) is 3.95. The monoisotopic (exact) mass is 464 g/mol. The van der Waals surface area contributed by atoms with E-state index in [1.54, 1.807) is 4.90 Å². The molecule has 4 unspecified atom stereocenters. The van der Waals surface area contributed by atoms with Crippen LogP contribution < -0.4 is 5.32 Å². The molecule has 2 amide bonds. The van der Waals surface area contributed by atoms with E-state index < -0.39 is 6.04 Å². The Labute approximate surface area is 202 Å². The molecule has 0 radical (unpaired) electrons. The van der Waals surface area contributed by atoms with Gasteiger partial charge in [-0.05, 0) is 48.3 Å². The normalized spacial score (nSPS) is 23.3. The highest BCUT2D eigenvalue weighted by Gasteiger charge is 2.33. The summed E-state index contributed by atoms with van der Waals surface area (Å²) in [6, 6.07) is 17.6. The summed E-state index contributed by atoms with van der Waals surface area (Å²) < 4.78 is 5.67. The van der Waals surface area contributed by atoms with Gasteiger partial charge in [0.2, 0.25) is 12.3 Å². The van der Waals surface area contributed by atoms with Gasteiger partial charge >= 0.3 is 0 Å². The number of hydrogen-bond donors (Lipinski definition) is 2. The molecule has 2 aromatic carbocycles. The van der Waals surface area contributed by atoms with E-state index in [2.05, 4.69) is 29.6 Å². The van der Waals surface area contributed by atoms with Crippen LogP contribution in [0.4, 0.5) is 0 Å². The number of nitrogens with zero attached hydrogens (tertiary/aromatic N) is 1. The summed E-state index contributed by atoms with van der Waals surface area (Å²) in [5.41, 5.74) is 3.16. The van der Waals surface area contributed by atoms with E-state index in [0.29, 0.717) is 13.1 Å². The van der Waals surface area contributed by atoms with Crippen LogP contribution in [0.1, 0.15) is 67.2 Å². The number of aliphatic hydroxyl groups excluding tert-OH is 1. The number of carbonyl (C=O) groups is 2. The van der Waals surface area contributed by atoms with Crippen LogP contribution in [0.25, 0.3) is 0 Å². The standard InChI is InChI=1S/C28H36N2O4/c31-19-27(23-7-2-1-3-8-23)29-28(33)26-11-5-4-10-25(26)22-14-12-21(13-15-22)17-30(20-32)18-24-9-6-16-34-24/h1-3,7-8,12-15,20,24-27,31H,4-6,9-11,16-19H2,(H,29,33). The van der Waals surface area contributed by atoms with Crippen molar-refractivity contribution in [2.45, 2.75) is 63.1 Å². The molecule has 1 saturated carbocycles. The molecule has 1 heterocycles. The molecular formula is C28H36N2O4. The minimum Gasteiger partial charge on any atom is -0.394 e. The number of benzene rings is 2. The lowest BCUT2D eigenvalue weighted by Crippen LogP contribution is -2.39. The summed E-state index contributed by atoms with van der Waals surface area (Å²) in [6.45, 7) is 1.85. The van der Waals surface area contributed by atoms with E-state index in [0.717, 1.165) is 62.7 Å². The van der Waals surface area contributed by atoms with Gasteiger partial charge in [0.25, 0.3) is 0 Å². The molecule has 182 valence electrons. The molecule has 0 aromatic heterocycles. The molecule has 4 rings (SSSR count). The number of rotatable bonds is 10. The minimum atomic E-state index is -0.392. The number of amides is 2. The maximum absolute atomic E-state index is 13.3. The summed E-state index contributed by atoms with van der Waals surface area (Å²) >= 11 is 0. The second-order valence-corrected chi connectivity index (χ2v) is 9.56. The van der Waals surface area contributed by atoms with Gasteiger partial charge in [0, 0.05) is 25.6 Å². The molecule has 2 aromatic rings. The van der Waals surface area contributed by atoms with Crippen LogP contribution in [0, 0.1) is 5.92 Å². The van der Waals surface area contributed by atoms with Crippen molar-refractivity contribution in [2.24, 2.45) is 5.92 Å². The lowest BCUT2D eigenvalue weighted by molar-refractivity contribution is -0.127. The Bertz CT molecular complexity index is 912. The van der Waals surface area contributed by atoms with Crippen LogP contribution in [0.3, 0.4) is 0 Å². The molecule has 6 nitrogen and oxygen atoms in total. The molecule has 4 atom stereocenters. The number of ether oxygens (including phenoxy) is 1. The Hall–Kier alpha value is -2.70. The van der Waals surface area contributed by atoms with Gasteiger partial charge < -0.3 is 20.1 Å². The maximum atomic E-state index is 13.3. The fourth-order valence-electron chi connectivity index (χ4n) is 5.34. The van der Waals surface area contributed by atoms with Crippen molar-refractivity contribution < 1.29 is 19.4 Å². The average Bonchev–Trinajstić information content (AvgIpc) is 3.41. The lowest BCUT2D eigenvalue weighted by Gasteiger charge is -2.32. The van der Waals surface area contributed by atoms with Crippen LogP contribution in [0.5, 0.6) is 0 Å². The van der Waals surface area contributed by atoms with E-state index in [9.17, 15) is 14.7 Å². The van der Waals surface area contributed by atoms with Crippen LogP contribution in [-0.4, -0.2) is 48.2 Å². The zero-order valence-electron chi connectivity index (χ0n) is 19.8. The Balaban J connectivity index is 1.40. The van der Waals surface area contributed by atoms with Gasteiger partial charge in [-0.15, -0.1) is 0 Å². The first kappa shape index (κ1) is 24.4. The molecule has 1 saturated heterocycles. The van der Waals surface area contributed by atoms with Crippen molar-refractivity contribution >= 4 is 12.3 Å². The second-order valence-electron chi connectivity index (χ2n) is 9.56. The highest BCUT2D eigenvalue weighted by Crippen LogP contribution is 2.38. The van der Waals surface area contributed by atoms with E-state index >= 15 is 0 Å². The largest absolute Gasteiger partial charge is 0.394 e. The minimum absolute atomic E-state index is 0.0142.